The molecule has 2 saturated heterocycles. The van der Waals surface area contributed by atoms with Crippen molar-refractivity contribution in [2.24, 2.45) is 0 Å². The predicted octanol–water partition coefficient (Wildman–Crippen LogP) is 3.66. The highest BCUT2D eigenvalue weighted by Crippen LogP contribution is 2.36. The second kappa shape index (κ2) is 9.19. The minimum atomic E-state index is -3.64. The number of rotatable bonds is 6. The van der Waals surface area contributed by atoms with E-state index in [9.17, 15) is 13.2 Å². The molecular formula is C25H26ClN3O4S. The number of halogens is 1. The number of nitrogens with zero attached hydrogens (tertiary/aromatic N) is 2. The number of piperidine rings is 1. The number of amides is 1. The van der Waals surface area contributed by atoms with Crippen molar-refractivity contribution < 1.29 is 17.6 Å². The summed E-state index contributed by atoms with van der Waals surface area (Å²) in [5, 5.41) is 4.07. The molecule has 1 spiro atoms. The molecule has 2 aliphatic heterocycles. The lowest BCUT2D eigenvalue weighted by Gasteiger charge is -2.44. The van der Waals surface area contributed by atoms with Crippen LogP contribution in [0, 0.1) is 0 Å². The Kier molecular flexibility index (Phi) is 6.24. The summed E-state index contributed by atoms with van der Waals surface area (Å²) in [7, 11) is -3.64. The summed E-state index contributed by atoms with van der Waals surface area (Å²) in [5.41, 5.74) is 0.445. The topological polar surface area (TPSA) is 82.9 Å². The molecular weight excluding hydrogens is 474 g/mol. The average molecular weight is 500 g/mol. The summed E-state index contributed by atoms with van der Waals surface area (Å²) in [6.45, 7) is 0.948. The molecule has 3 heterocycles. The smallest absolute Gasteiger partial charge is 0.243 e. The first-order valence-corrected chi connectivity index (χ1v) is 13.1. The molecule has 2 aliphatic rings. The van der Waals surface area contributed by atoms with Gasteiger partial charge < -0.3 is 9.32 Å². The molecule has 0 radical (unpaired) electrons. The molecule has 1 amide bonds. The second-order valence-corrected chi connectivity index (χ2v) is 11.2. The Bertz CT molecular complexity index is 1240. The van der Waals surface area contributed by atoms with Gasteiger partial charge in [0.1, 0.15) is 5.76 Å². The van der Waals surface area contributed by atoms with Gasteiger partial charge in [-0.05, 0) is 61.2 Å². The van der Waals surface area contributed by atoms with Crippen molar-refractivity contribution in [2.75, 3.05) is 13.1 Å². The van der Waals surface area contributed by atoms with Crippen molar-refractivity contribution in [3.05, 3.63) is 89.3 Å². The molecule has 0 unspecified atom stereocenters. The second-order valence-electron chi connectivity index (χ2n) is 8.78. The third kappa shape index (κ3) is 4.38. The van der Waals surface area contributed by atoms with Crippen LogP contribution < -0.4 is 5.32 Å². The first-order valence-electron chi connectivity index (χ1n) is 11.3. The summed E-state index contributed by atoms with van der Waals surface area (Å²) < 4.78 is 33.4. The Labute approximate surface area is 204 Å². The normalized spacial score (nSPS) is 20.8. The Morgan fingerprint density at radius 3 is 2.35 bits per heavy atom. The molecule has 2 fully saturated rings. The third-order valence-corrected chi connectivity index (χ3v) is 8.87. The molecule has 0 saturated carbocycles. The van der Waals surface area contributed by atoms with Gasteiger partial charge in [0.15, 0.2) is 0 Å². The fourth-order valence-electron chi connectivity index (χ4n) is 4.91. The van der Waals surface area contributed by atoms with Gasteiger partial charge in [0.25, 0.3) is 0 Å². The van der Waals surface area contributed by atoms with Crippen LogP contribution in [0.25, 0.3) is 0 Å². The number of carbonyl (C=O) groups is 1. The molecule has 1 atom stereocenters. The number of nitrogens with one attached hydrogen (secondary N) is 1. The summed E-state index contributed by atoms with van der Waals surface area (Å²) >= 11 is 5.93. The highest BCUT2D eigenvalue weighted by atomic mass is 35.5. The Hall–Kier alpha value is -2.65. The van der Waals surface area contributed by atoms with Crippen LogP contribution in [0.3, 0.4) is 0 Å². The van der Waals surface area contributed by atoms with Gasteiger partial charge in [-0.3, -0.25) is 10.1 Å². The Balaban J connectivity index is 1.37. The molecule has 5 rings (SSSR count). The molecule has 1 aromatic heterocycles. The summed E-state index contributed by atoms with van der Waals surface area (Å²) in [5.74, 6) is 0.709. The number of furan rings is 1. The zero-order chi connectivity index (χ0) is 23.8. The van der Waals surface area contributed by atoms with Gasteiger partial charge in [0, 0.05) is 18.1 Å². The van der Waals surface area contributed by atoms with Crippen molar-refractivity contribution in [1.29, 1.82) is 0 Å². The van der Waals surface area contributed by atoms with Gasteiger partial charge >= 0.3 is 0 Å². The molecule has 9 heteroatoms. The van der Waals surface area contributed by atoms with Gasteiger partial charge in [-0.15, -0.1) is 0 Å². The lowest BCUT2D eigenvalue weighted by molar-refractivity contribution is -0.134. The van der Waals surface area contributed by atoms with Crippen molar-refractivity contribution in [3.63, 3.8) is 0 Å². The fourth-order valence-corrected chi connectivity index (χ4v) is 6.47. The van der Waals surface area contributed by atoms with Crippen LogP contribution in [-0.4, -0.2) is 48.3 Å². The van der Waals surface area contributed by atoms with E-state index in [4.69, 9.17) is 16.0 Å². The number of sulfonamides is 1. The standard InChI is InChI=1S/C25H26ClN3O4S/c26-20-8-10-22(11-9-20)34(31,32)28-14-12-25(13-15-28)27-23(17-19-5-2-1-3-6-19)24(30)29(25)18-21-7-4-16-33-21/h1-11,16,23,27H,12-15,17-18H2/t23-/m0/s1. The maximum atomic E-state index is 13.5. The zero-order valence-corrected chi connectivity index (χ0v) is 20.1. The molecule has 2 aromatic carbocycles. The average Bonchev–Trinajstić information content (AvgIpc) is 3.44. The maximum absolute atomic E-state index is 13.5. The number of benzene rings is 2. The van der Waals surface area contributed by atoms with E-state index in [1.165, 1.54) is 16.4 Å². The van der Waals surface area contributed by atoms with Crippen molar-refractivity contribution in [1.82, 2.24) is 14.5 Å². The third-order valence-electron chi connectivity index (χ3n) is 6.70. The minimum absolute atomic E-state index is 0.00858. The summed E-state index contributed by atoms with van der Waals surface area (Å²) in [6.07, 6.45) is 3.14. The van der Waals surface area contributed by atoms with Gasteiger partial charge in [-0.25, -0.2) is 8.42 Å². The summed E-state index contributed by atoms with van der Waals surface area (Å²) in [4.78, 5) is 15.6. The van der Waals surface area contributed by atoms with Crippen LogP contribution in [0.5, 0.6) is 0 Å². The predicted molar refractivity (Wildman–Crippen MR) is 129 cm³/mol. The first kappa shape index (κ1) is 23.1. The fraction of sp³-hybridized carbons (Fsp3) is 0.320. The molecule has 178 valence electrons. The highest BCUT2D eigenvalue weighted by Gasteiger charge is 2.52. The van der Waals surface area contributed by atoms with Gasteiger partial charge in [-0.1, -0.05) is 41.9 Å². The minimum Gasteiger partial charge on any atom is -0.467 e. The van der Waals surface area contributed by atoms with E-state index in [1.807, 2.05) is 41.3 Å². The van der Waals surface area contributed by atoms with Crippen molar-refractivity contribution >= 4 is 27.5 Å². The molecule has 7 nitrogen and oxygen atoms in total. The molecule has 34 heavy (non-hydrogen) atoms. The maximum Gasteiger partial charge on any atom is 0.243 e. The molecule has 0 aliphatic carbocycles. The van der Waals surface area contributed by atoms with Crippen LogP contribution in [-0.2, 0) is 27.8 Å². The van der Waals surface area contributed by atoms with Crippen LogP contribution in [0.2, 0.25) is 5.02 Å². The van der Waals surface area contributed by atoms with Crippen molar-refractivity contribution in [3.8, 4) is 0 Å². The zero-order valence-electron chi connectivity index (χ0n) is 18.6. The highest BCUT2D eigenvalue weighted by molar-refractivity contribution is 7.89. The van der Waals surface area contributed by atoms with E-state index in [-0.39, 0.29) is 16.8 Å². The van der Waals surface area contributed by atoms with Gasteiger partial charge in [-0.2, -0.15) is 4.31 Å². The lowest BCUT2D eigenvalue weighted by atomic mass is 9.97. The summed E-state index contributed by atoms with van der Waals surface area (Å²) in [6, 6.07) is 19.4. The van der Waals surface area contributed by atoms with E-state index in [2.05, 4.69) is 5.32 Å². The molecule has 3 aromatic rings. The quantitative estimate of drug-likeness (QED) is 0.559. The van der Waals surface area contributed by atoms with E-state index in [1.54, 1.807) is 24.5 Å². The first-order chi connectivity index (χ1) is 16.4. The van der Waals surface area contributed by atoms with Crippen LogP contribution in [0.4, 0.5) is 0 Å². The van der Waals surface area contributed by atoms with Gasteiger partial charge in [0.2, 0.25) is 15.9 Å². The lowest BCUT2D eigenvalue weighted by Crippen LogP contribution is -2.59. The van der Waals surface area contributed by atoms with E-state index in [0.29, 0.717) is 49.7 Å². The molecule has 0 bridgehead atoms. The van der Waals surface area contributed by atoms with Crippen LogP contribution >= 0.6 is 11.6 Å². The van der Waals surface area contributed by atoms with E-state index < -0.39 is 15.7 Å². The largest absolute Gasteiger partial charge is 0.467 e. The van der Waals surface area contributed by atoms with E-state index >= 15 is 0 Å². The SMILES string of the molecule is O=C1[C@H](Cc2ccccc2)NC2(CCN(S(=O)(=O)c3ccc(Cl)cc3)CC2)N1Cc1ccco1. The van der Waals surface area contributed by atoms with E-state index in [0.717, 1.165) is 5.56 Å². The Morgan fingerprint density at radius 1 is 1.00 bits per heavy atom. The van der Waals surface area contributed by atoms with Crippen LogP contribution in [0.1, 0.15) is 24.2 Å². The Morgan fingerprint density at radius 2 is 1.71 bits per heavy atom. The molecule has 1 N–H and O–H groups in total. The van der Waals surface area contributed by atoms with Crippen LogP contribution in [0.15, 0.2) is 82.3 Å². The number of hydrogen-bond donors (Lipinski definition) is 1. The van der Waals surface area contributed by atoms with Gasteiger partial charge in [0.05, 0.1) is 29.4 Å². The monoisotopic (exact) mass is 499 g/mol. The van der Waals surface area contributed by atoms with Crippen molar-refractivity contribution in [2.45, 2.75) is 42.4 Å². The number of carbonyl (C=O) groups excluding carboxylic acids is 1. The number of hydrogen-bond acceptors (Lipinski definition) is 5.